The summed E-state index contributed by atoms with van der Waals surface area (Å²) in [5.74, 6) is 0. The third kappa shape index (κ3) is 0.798. The van der Waals surface area contributed by atoms with E-state index in [4.69, 9.17) is 0 Å². The molecule has 0 aliphatic carbocycles. The molecule has 0 unspecified atom stereocenters. The van der Waals surface area contributed by atoms with Crippen molar-refractivity contribution in [1.29, 1.82) is 0 Å². The van der Waals surface area contributed by atoms with Crippen molar-refractivity contribution in [3.63, 3.8) is 0 Å². The van der Waals surface area contributed by atoms with Gasteiger partial charge in [-0.3, -0.25) is 0 Å². The summed E-state index contributed by atoms with van der Waals surface area (Å²) in [6.07, 6.45) is 0. The first-order valence-corrected chi connectivity index (χ1v) is 4.57. The summed E-state index contributed by atoms with van der Waals surface area (Å²) < 4.78 is 2.70. The highest BCUT2D eigenvalue weighted by atomic mass is 15.8. The number of fused-ring (bicyclic) bond motifs is 1. The Morgan fingerprint density at radius 1 is 1.00 bits per heavy atom. The van der Waals surface area contributed by atoms with Crippen LogP contribution in [-0.2, 0) is 0 Å². The van der Waals surface area contributed by atoms with Crippen molar-refractivity contribution < 1.29 is 8.97 Å². The number of rotatable bonds is 0. The highest BCUT2D eigenvalue weighted by molar-refractivity contribution is 4.69. The molecule has 3 heterocycles. The number of quaternary nitrogens is 2. The van der Waals surface area contributed by atoms with Crippen molar-refractivity contribution in [3.05, 3.63) is 0 Å². The summed E-state index contributed by atoms with van der Waals surface area (Å²) >= 11 is 0. The molecule has 3 saturated heterocycles. The maximum absolute atomic E-state index is 2.38. The van der Waals surface area contributed by atoms with E-state index in [-0.39, 0.29) is 0 Å². The molecule has 2 bridgehead atoms. The minimum atomic E-state index is 0.480. The Morgan fingerprint density at radius 2 is 1.55 bits per heavy atom. The second-order valence-electron chi connectivity index (χ2n) is 5.67. The first-order valence-electron chi connectivity index (χ1n) is 4.57. The Bertz CT molecular complexity index is 184. The zero-order valence-electron chi connectivity index (χ0n) is 8.22. The van der Waals surface area contributed by atoms with Gasteiger partial charge in [0.25, 0.3) is 0 Å². The van der Waals surface area contributed by atoms with Crippen molar-refractivity contribution in [2.45, 2.75) is 26.3 Å². The molecule has 11 heavy (non-hydrogen) atoms. The van der Waals surface area contributed by atoms with E-state index in [0.29, 0.717) is 5.54 Å². The van der Waals surface area contributed by atoms with E-state index in [0.717, 1.165) is 0 Å². The number of nitrogens with zero attached hydrogens (tertiary/aromatic N) is 2. The topological polar surface area (TPSA) is 0 Å². The van der Waals surface area contributed by atoms with E-state index >= 15 is 0 Å². The molecule has 64 valence electrons. The van der Waals surface area contributed by atoms with E-state index in [2.05, 4.69) is 27.8 Å². The maximum atomic E-state index is 2.38. The van der Waals surface area contributed by atoms with Crippen LogP contribution in [0.15, 0.2) is 0 Å². The molecule has 0 spiro atoms. The van der Waals surface area contributed by atoms with Gasteiger partial charge in [-0.25, -0.2) is 8.97 Å². The maximum Gasteiger partial charge on any atom is 0.216 e. The fourth-order valence-electron chi connectivity index (χ4n) is 2.74. The molecule has 0 N–H and O–H groups in total. The lowest BCUT2D eigenvalue weighted by atomic mass is 10.0. The molecule has 2 nitrogen and oxygen atoms in total. The smallest absolute Gasteiger partial charge is 0.216 e. The van der Waals surface area contributed by atoms with Gasteiger partial charge in [0.1, 0.15) is 13.1 Å². The lowest BCUT2D eigenvalue weighted by molar-refractivity contribution is -1.23. The van der Waals surface area contributed by atoms with Gasteiger partial charge in [0.15, 0.2) is 0 Å². The third-order valence-corrected chi connectivity index (χ3v) is 3.72. The molecule has 3 aliphatic heterocycles. The number of hydrogen-bond acceptors (Lipinski definition) is 0. The van der Waals surface area contributed by atoms with Crippen LogP contribution < -0.4 is 0 Å². The Balaban J connectivity index is 2.19. The molecule has 3 aliphatic rings. The van der Waals surface area contributed by atoms with Crippen LogP contribution in [0.1, 0.15) is 20.8 Å². The van der Waals surface area contributed by atoms with E-state index in [9.17, 15) is 0 Å². The lowest BCUT2D eigenvalue weighted by Gasteiger charge is -2.52. The molecule has 0 atom stereocenters. The Morgan fingerprint density at radius 3 is 1.73 bits per heavy atom. The zero-order valence-corrected chi connectivity index (χ0v) is 8.22. The monoisotopic (exact) mass is 156 g/mol. The highest BCUT2D eigenvalue weighted by Gasteiger charge is 2.65. The Kier molecular flexibility index (Phi) is 1.13. The van der Waals surface area contributed by atoms with Gasteiger partial charge in [-0.05, 0) is 20.8 Å². The standard InChI is InChI=1S/C9H20N2/c1-9(2,3)11-6-5-10(4,7-11)8-11/h5-8H2,1-4H3/q+2. The number of hydrogen-bond donors (Lipinski definition) is 0. The summed E-state index contributed by atoms with van der Waals surface area (Å²) in [5, 5.41) is 0. The van der Waals surface area contributed by atoms with Gasteiger partial charge < -0.3 is 0 Å². The first kappa shape index (κ1) is 7.56. The molecule has 0 aromatic carbocycles. The third-order valence-electron chi connectivity index (χ3n) is 3.72. The fourth-order valence-corrected chi connectivity index (χ4v) is 2.74. The van der Waals surface area contributed by atoms with Gasteiger partial charge >= 0.3 is 0 Å². The first-order chi connectivity index (χ1) is 4.87. The normalized spacial score (nSPS) is 49.1. The average Bonchev–Trinajstić information content (AvgIpc) is 2.16. The fraction of sp³-hybridized carbons (Fsp3) is 1.00. The molecule has 0 radical (unpaired) electrons. The second kappa shape index (κ2) is 1.64. The molecular weight excluding hydrogens is 136 g/mol. The predicted molar refractivity (Wildman–Crippen MR) is 45.7 cm³/mol. The number of likely N-dealkylation sites (N-methyl/N-ethyl adjacent to an activating group) is 1. The lowest BCUT2D eigenvalue weighted by Crippen LogP contribution is -2.74. The van der Waals surface area contributed by atoms with E-state index < -0.39 is 0 Å². The van der Waals surface area contributed by atoms with Gasteiger partial charge in [0.05, 0.1) is 12.6 Å². The van der Waals surface area contributed by atoms with Crippen LogP contribution in [-0.4, -0.2) is 48.0 Å². The summed E-state index contributed by atoms with van der Waals surface area (Å²) in [6.45, 7) is 12.7. The largest absolute Gasteiger partial charge is 0.229 e. The molecule has 0 amide bonds. The summed E-state index contributed by atoms with van der Waals surface area (Å²) in [6, 6.07) is 0. The summed E-state index contributed by atoms with van der Waals surface area (Å²) in [4.78, 5) is 0. The van der Waals surface area contributed by atoms with Gasteiger partial charge in [-0.15, -0.1) is 0 Å². The van der Waals surface area contributed by atoms with Crippen LogP contribution in [0, 0.1) is 0 Å². The van der Waals surface area contributed by atoms with Crippen molar-refractivity contribution in [2.75, 3.05) is 33.5 Å². The van der Waals surface area contributed by atoms with E-state index in [1.165, 1.54) is 35.4 Å². The second-order valence-corrected chi connectivity index (χ2v) is 5.67. The molecule has 0 aromatic heterocycles. The quantitative estimate of drug-likeness (QED) is 0.459. The van der Waals surface area contributed by atoms with E-state index in [1.54, 1.807) is 0 Å². The molecule has 2 heteroatoms. The molecular formula is C9H20N2+2. The zero-order chi connectivity index (χ0) is 8.33. The Hall–Kier alpha value is -0.0800. The summed E-state index contributed by atoms with van der Waals surface area (Å²) in [7, 11) is 2.38. The van der Waals surface area contributed by atoms with Crippen molar-refractivity contribution in [2.24, 2.45) is 0 Å². The van der Waals surface area contributed by atoms with Gasteiger partial charge in [-0.2, -0.15) is 0 Å². The van der Waals surface area contributed by atoms with Crippen LogP contribution in [0.3, 0.4) is 0 Å². The van der Waals surface area contributed by atoms with Crippen LogP contribution in [0.2, 0.25) is 0 Å². The van der Waals surface area contributed by atoms with Gasteiger partial charge in [0, 0.05) is 0 Å². The molecule has 3 rings (SSSR count). The van der Waals surface area contributed by atoms with E-state index in [1.807, 2.05) is 0 Å². The van der Waals surface area contributed by atoms with Crippen molar-refractivity contribution in [1.82, 2.24) is 0 Å². The SMILES string of the molecule is CC(C)(C)[N+]12CC[N+](C)(C1)C2. The molecule has 3 fully saturated rings. The Labute approximate surface area is 69.6 Å². The van der Waals surface area contributed by atoms with Crippen molar-refractivity contribution in [3.8, 4) is 0 Å². The van der Waals surface area contributed by atoms with Crippen LogP contribution in [0.5, 0.6) is 0 Å². The summed E-state index contributed by atoms with van der Waals surface area (Å²) in [5.41, 5.74) is 0.480. The van der Waals surface area contributed by atoms with Gasteiger partial charge in [-0.1, -0.05) is 0 Å². The highest BCUT2D eigenvalue weighted by Crippen LogP contribution is 2.42. The molecule has 0 aromatic rings. The average molecular weight is 156 g/mol. The predicted octanol–water partition coefficient (Wildman–Crippen LogP) is 0.990. The van der Waals surface area contributed by atoms with Crippen LogP contribution >= 0.6 is 0 Å². The minimum absolute atomic E-state index is 0.480. The van der Waals surface area contributed by atoms with Gasteiger partial charge in [0.2, 0.25) is 13.3 Å². The van der Waals surface area contributed by atoms with Crippen molar-refractivity contribution >= 4 is 0 Å². The minimum Gasteiger partial charge on any atom is -0.229 e. The molecule has 0 saturated carbocycles. The van der Waals surface area contributed by atoms with Crippen LogP contribution in [0.4, 0.5) is 0 Å². The van der Waals surface area contributed by atoms with Crippen LogP contribution in [0.25, 0.3) is 0 Å².